The molecule has 2 heterocycles. The van der Waals surface area contributed by atoms with E-state index in [-0.39, 0.29) is 12.1 Å². The number of benzene rings is 2. The summed E-state index contributed by atoms with van der Waals surface area (Å²) in [5.74, 6) is -0.438. The van der Waals surface area contributed by atoms with Crippen molar-refractivity contribution in [1.29, 1.82) is 0 Å². The molecule has 0 aromatic heterocycles. The Labute approximate surface area is 218 Å². The summed E-state index contributed by atoms with van der Waals surface area (Å²) in [6, 6.07) is 12.0. The molecule has 0 saturated carbocycles. The highest BCUT2D eigenvalue weighted by Crippen LogP contribution is 2.44. The van der Waals surface area contributed by atoms with E-state index >= 15 is 0 Å². The molecule has 1 fully saturated rings. The Morgan fingerprint density at radius 1 is 1.17 bits per heavy atom. The van der Waals surface area contributed by atoms with Crippen LogP contribution in [0.25, 0.3) is 6.08 Å². The van der Waals surface area contributed by atoms with Crippen LogP contribution < -0.4 is 10.2 Å². The number of hydrogen-bond acceptors (Lipinski definition) is 5. The molecule has 0 bridgehead atoms. The molecule has 2 aliphatic heterocycles. The first-order valence-corrected chi connectivity index (χ1v) is 13.4. The molecule has 0 aliphatic carbocycles. The maximum Gasteiger partial charge on any atom is 0.294 e. The zero-order valence-electron chi connectivity index (χ0n) is 22.0. The van der Waals surface area contributed by atoms with Gasteiger partial charge in [-0.1, -0.05) is 37.6 Å². The van der Waals surface area contributed by atoms with Gasteiger partial charge in [-0.15, -0.1) is 0 Å². The van der Waals surface area contributed by atoms with Gasteiger partial charge in [-0.2, -0.15) is 0 Å². The van der Waals surface area contributed by atoms with Gasteiger partial charge < -0.3 is 10.2 Å². The van der Waals surface area contributed by atoms with Gasteiger partial charge in [0.1, 0.15) is 6.54 Å². The van der Waals surface area contributed by atoms with Crippen molar-refractivity contribution in [3.63, 3.8) is 0 Å². The minimum absolute atomic E-state index is 0.0876. The summed E-state index contributed by atoms with van der Waals surface area (Å²) in [6.07, 6.45) is 3.89. The SMILES string of the molecule is CCCN1c2ccc(/C=C3/SC(=O)N(CC(=O)Nc4ccc(C)cc4C)C3=O)cc2C(C)CC1(C)C. The molecule has 1 saturated heterocycles. The second-order valence-corrected chi connectivity index (χ2v) is 11.5. The lowest BCUT2D eigenvalue weighted by atomic mass is 9.79. The van der Waals surface area contributed by atoms with E-state index in [4.69, 9.17) is 0 Å². The number of hydrogen-bond donors (Lipinski definition) is 1. The molecule has 0 radical (unpaired) electrons. The van der Waals surface area contributed by atoms with E-state index in [1.54, 1.807) is 6.08 Å². The first-order chi connectivity index (χ1) is 17.0. The van der Waals surface area contributed by atoms with E-state index in [1.165, 1.54) is 11.3 Å². The lowest BCUT2D eigenvalue weighted by Gasteiger charge is -2.47. The normalized spacial score (nSPS) is 20.2. The van der Waals surface area contributed by atoms with Gasteiger partial charge in [-0.05, 0) is 99.2 Å². The van der Waals surface area contributed by atoms with Crippen molar-refractivity contribution in [2.75, 3.05) is 23.3 Å². The molecule has 2 aromatic rings. The van der Waals surface area contributed by atoms with Crippen LogP contribution >= 0.6 is 11.8 Å². The number of fused-ring (bicyclic) bond motifs is 1. The van der Waals surface area contributed by atoms with Crippen molar-refractivity contribution >= 4 is 46.3 Å². The fraction of sp³-hybridized carbons (Fsp3) is 0.414. The Morgan fingerprint density at radius 2 is 1.92 bits per heavy atom. The van der Waals surface area contributed by atoms with Crippen LogP contribution in [0.4, 0.5) is 16.2 Å². The summed E-state index contributed by atoms with van der Waals surface area (Å²) in [5, 5.41) is 2.38. The molecule has 2 aliphatic rings. The van der Waals surface area contributed by atoms with Crippen LogP contribution in [0.2, 0.25) is 0 Å². The van der Waals surface area contributed by atoms with Crippen molar-refractivity contribution in [3.05, 3.63) is 63.6 Å². The average Bonchev–Trinajstić information content (AvgIpc) is 3.05. The van der Waals surface area contributed by atoms with Crippen molar-refractivity contribution in [3.8, 4) is 0 Å². The molecule has 1 N–H and O–H groups in total. The highest BCUT2D eigenvalue weighted by atomic mass is 32.2. The maximum atomic E-state index is 13.0. The smallest absolute Gasteiger partial charge is 0.294 e. The summed E-state index contributed by atoms with van der Waals surface area (Å²) in [4.78, 5) is 42.1. The van der Waals surface area contributed by atoms with Crippen LogP contribution in [0.15, 0.2) is 41.3 Å². The Bertz CT molecular complexity index is 1250. The number of carbonyl (C=O) groups is 3. The molecular weight excluding hydrogens is 470 g/mol. The van der Waals surface area contributed by atoms with Crippen molar-refractivity contribution in [2.45, 2.75) is 65.8 Å². The van der Waals surface area contributed by atoms with E-state index in [2.05, 4.69) is 50.0 Å². The van der Waals surface area contributed by atoms with Crippen LogP contribution in [0.3, 0.4) is 0 Å². The van der Waals surface area contributed by atoms with Crippen molar-refractivity contribution in [1.82, 2.24) is 4.90 Å². The van der Waals surface area contributed by atoms with Gasteiger partial charge in [0.05, 0.1) is 4.91 Å². The number of rotatable bonds is 6. The van der Waals surface area contributed by atoms with Gasteiger partial charge in [0.25, 0.3) is 11.1 Å². The predicted octanol–water partition coefficient (Wildman–Crippen LogP) is 6.48. The van der Waals surface area contributed by atoms with Crippen LogP contribution in [-0.2, 0) is 9.59 Å². The maximum absolute atomic E-state index is 13.0. The first kappa shape index (κ1) is 26.0. The zero-order valence-corrected chi connectivity index (χ0v) is 22.8. The second-order valence-electron chi connectivity index (χ2n) is 10.5. The van der Waals surface area contributed by atoms with E-state index in [9.17, 15) is 14.4 Å². The quantitative estimate of drug-likeness (QED) is 0.455. The summed E-state index contributed by atoms with van der Waals surface area (Å²) in [7, 11) is 0. The number of nitrogens with one attached hydrogen (secondary N) is 1. The fourth-order valence-electron chi connectivity index (χ4n) is 5.32. The summed E-state index contributed by atoms with van der Waals surface area (Å²) in [5.41, 5.74) is 6.19. The Kier molecular flexibility index (Phi) is 7.32. The number of aryl methyl sites for hydroxylation is 2. The van der Waals surface area contributed by atoms with Gasteiger partial charge in [-0.3, -0.25) is 19.3 Å². The average molecular weight is 506 g/mol. The summed E-state index contributed by atoms with van der Waals surface area (Å²) in [6.45, 7) is 13.6. The molecule has 3 amide bonds. The molecule has 7 heteroatoms. The third kappa shape index (κ3) is 5.21. The van der Waals surface area contributed by atoms with E-state index in [0.717, 1.165) is 52.7 Å². The van der Waals surface area contributed by atoms with Crippen molar-refractivity contribution < 1.29 is 14.4 Å². The topological polar surface area (TPSA) is 69.7 Å². The van der Waals surface area contributed by atoms with Crippen molar-refractivity contribution in [2.24, 2.45) is 0 Å². The third-order valence-corrected chi connectivity index (χ3v) is 7.89. The fourth-order valence-corrected chi connectivity index (χ4v) is 6.16. The lowest BCUT2D eigenvalue weighted by Crippen LogP contribution is -2.48. The van der Waals surface area contributed by atoms with Gasteiger partial charge in [0, 0.05) is 23.5 Å². The lowest BCUT2D eigenvalue weighted by molar-refractivity contribution is -0.127. The Morgan fingerprint density at radius 3 is 2.61 bits per heavy atom. The third-order valence-electron chi connectivity index (χ3n) is 6.99. The largest absolute Gasteiger partial charge is 0.366 e. The summed E-state index contributed by atoms with van der Waals surface area (Å²) >= 11 is 0.885. The minimum Gasteiger partial charge on any atom is -0.366 e. The van der Waals surface area contributed by atoms with E-state index in [1.807, 2.05) is 38.1 Å². The molecule has 4 rings (SSSR count). The van der Waals surface area contributed by atoms with Gasteiger partial charge in [0.2, 0.25) is 5.91 Å². The molecule has 2 aromatic carbocycles. The molecular formula is C29H35N3O3S. The van der Waals surface area contributed by atoms with Gasteiger partial charge >= 0.3 is 0 Å². The molecule has 0 spiro atoms. The monoisotopic (exact) mass is 505 g/mol. The first-order valence-electron chi connectivity index (χ1n) is 12.5. The molecule has 1 unspecified atom stereocenters. The van der Waals surface area contributed by atoms with Crippen LogP contribution in [0.5, 0.6) is 0 Å². The number of imide groups is 1. The zero-order chi connectivity index (χ0) is 26.2. The number of anilines is 2. The predicted molar refractivity (Wildman–Crippen MR) is 148 cm³/mol. The van der Waals surface area contributed by atoms with E-state index in [0.29, 0.717) is 16.5 Å². The number of thioether (sulfide) groups is 1. The number of amides is 3. The standard InChI is InChI=1S/C29H35N3O3S/c1-7-12-32-24-11-9-21(14-22(24)20(4)16-29(32,5)6)15-25-27(34)31(28(35)36-25)17-26(33)30-23-10-8-18(2)13-19(23)3/h8-11,13-15,20H,7,12,16-17H2,1-6H3,(H,30,33)/b25-15+. The van der Waals surface area contributed by atoms with Crippen LogP contribution in [-0.4, -0.2) is 40.6 Å². The number of carbonyl (C=O) groups excluding carboxylic acids is 3. The molecule has 6 nitrogen and oxygen atoms in total. The summed E-state index contributed by atoms with van der Waals surface area (Å²) < 4.78 is 0. The second kappa shape index (κ2) is 10.1. The van der Waals surface area contributed by atoms with E-state index < -0.39 is 17.1 Å². The number of nitrogens with zero attached hydrogens (tertiary/aromatic N) is 2. The van der Waals surface area contributed by atoms with Crippen LogP contribution in [0.1, 0.15) is 68.7 Å². The molecule has 190 valence electrons. The Balaban J connectivity index is 1.51. The molecule has 36 heavy (non-hydrogen) atoms. The highest BCUT2D eigenvalue weighted by Gasteiger charge is 2.38. The van der Waals surface area contributed by atoms with Crippen LogP contribution in [0, 0.1) is 13.8 Å². The minimum atomic E-state index is -0.430. The highest BCUT2D eigenvalue weighted by molar-refractivity contribution is 8.18. The van der Waals surface area contributed by atoms with Gasteiger partial charge in [0.15, 0.2) is 0 Å². The molecule has 1 atom stereocenters. The Hall–Kier alpha value is -3.06. The van der Waals surface area contributed by atoms with Gasteiger partial charge in [-0.25, -0.2) is 0 Å².